The van der Waals surface area contributed by atoms with E-state index in [1.807, 2.05) is 66.7 Å². The van der Waals surface area contributed by atoms with Crippen LogP contribution in [0.15, 0.2) is 78.9 Å². The summed E-state index contributed by atoms with van der Waals surface area (Å²) in [6.07, 6.45) is 6.76. The molecule has 0 aromatic heterocycles. The highest BCUT2D eigenvalue weighted by molar-refractivity contribution is 5.73. The number of aliphatic hydroxyl groups excluding tert-OH is 1. The van der Waals surface area contributed by atoms with E-state index in [4.69, 9.17) is 9.47 Å². The highest BCUT2D eigenvalue weighted by Gasteiger charge is 2.33. The lowest BCUT2D eigenvalue weighted by Gasteiger charge is -2.38. The first-order valence-electron chi connectivity index (χ1n) is 15.0. The topological polar surface area (TPSA) is 83.1 Å². The summed E-state index contributed by atoms with van der Waals surface area (Å²) in [5, 5.41) is 15.3. The molecule has 0 radical (unpaired) electrons. The van der Waals surface area contributed by atoms with Gasteiger partial charge in [-0.25, -0.2) is 4.79 Å². The van der Waals surface area contributed by atoms with Crippen LogP contribution in [0.3, 0.4) is 0 Å². The van der Waals surface area contributed by atoms with Gasteiger partial charge in [-0.15, -0.1) is 0 Å². The van der Waals surface area contributed by atoms with Crippen LogP contribution in [-0.2, 0) is 29.2 Å². The lowest BCUT2D eigenvalue weighted by molar-refractivity contribution is -0.253. The Balaban J connectivity index is 1.21. The zero-order chi connectivity index (χ0) is 28.3. The smallest absolute Gasteiger partial charge is 0.315 e. The molecular formula is C34H43N3O4. The minimum Gasteiger partial charge on any atom is -0.392 e. The summed E-state index contributed by atoms with van der Waals surface area (Å²) in [5.74, 6) is 0. The van der Waals surface area contributed by atoms with Gasteiger partial charge in [0, 0.05) is 31.6 Å². The number of urea groups is 1. The zero-order valence-corrected chi connectivity index (χ0v) is 23.8. The zero-order valence-electron chi connectivity index (χ0n) is 23.8. The van der Waals surface area contributed by atoms with E-state index in [9.17, 15) is 9.90 Å². The average molecular weight is 558 g/mol. The van der Waals surface area contributed by atoms with Gasteiger partial charge in [0.2, 0.25) is 0 Å². The van der Waals surface area contributed by atoms with Gasteiger partial charge in [-0.1, -0.05) is 98.1 Å². The number of carbonyl (C=O) groups excluding carboxylic acids is 1. The van der Waals surface area contributed by atoms with Gasteiger partial charge in [0.25, 0.3) is 0 Å². The van der Waals surface area contributed by atoms with E-state index >= 15 is 0 Å². The molecule has 5 rings (SSSR count). The highest BCUT2D eigenvalue weighted by Crippen LogP contribution is 2.38. The molecule has 2 aliphatic rings. The molecule has 41 heavy (non-hydrogen) atoms. The molecule has 3 aromatic rings. The Morgan fingerprint density at radius 2 is 1.32 bits per heavy atom. The van der Waals surface area contributed by atoms with Crippen LogP contribution in [0.1, 0.15) is 78.7 Å². The van der Waals surface area contributed by atoms with E-state index in [1.54, 1.807) is 0 Å². The average Bonchev–Trinajstić information content (AvgIpc) is 3.01. The largest absolute Gasteiger partial charge is 0.392 e. The van der Waals surface area contributed by atoms with Crippen molar-refractivity contribution in [2.24, 2.45) is 0 Å². The summed E-state index contributed by atoms with van der Waals surface area (Å²) in [5.41, 5.74) is 5.04. The minimum absolute atomic E-state index is 0.0328. The van der Waals surface area contributed by atoms with Crippen LogP contribution in [0.4, 0.5) is 4.79 Å². The van der Waals surface area contributed by atoms with Crippen LogP contribution in [0, 0.1) is 0 Å². The summed E-state index contributed by atoms with van der Waals surface area (Å²) >= 11 is 0. The lowest BCUT2D eigenvalue weighted by Crippen LogP contribution is -2.40. The van der Waals surface area contributed by atoms with Crippen LogP contribution >= 0.6 is 0 Å². The van der Waals surface area contributed by atoms with Crippen molar-refractivity contribution in [2.75, 3.05) is 19.6 Å². The van der Waals surface area contributed by atoms with Crippen molar-refractivity contribution in [3.63, 3.8) is 0 Å². The van der Waals surface area contributed by atoms with Crippen molar-refractivity contribution in [1.82, 2.24) is 15.5 Å². The van der Waals surface area contributed by atoms with Gasteiger partial charge in [0.05, 0.1) is 18.8 Å². The number of nitrogens with zero attached hydrogens (tertiary/aromatic N) is 1. The normalized spacial score (nSPS) is 21.9. The van der Waals surface area contributed by atoms with Crippen LogP contribution in [0.2, 0.25) is 0 Å². The summed E-state index contributed by atoms with van der Waals surface area (Å²) in [7, 11) is 0. The molecule has 0 saturated carbocycles. The molecule has 2 heterocycles. The number of carbonyl (C=O) groups is 1. The third kappa shape index (κ3) is 8.88. The van der Waals surface area contributed by atoms with Gasteiger partial charge in [-0.05, 0) is 48.2 Å². The third-order valence-corrected chi connectivity index (χ3v) is 8.03. The molecule has 3 aromatic carbocycles. The van der Waals surface area contributed by atoms with Crippen molar-refractivity contribution >= 4 is 6.03 Å². The first kappa shape index (κ1) is 29.3. The van der Waals surface area contributed by atoms with Gasteiger partial charge in [0.15, 0.2) is 6.29 Å². The van der Waals surface area contributed by atoms with Crippen molar-refractivity contribution in [3.05, 3.63) is 107 Å². The second-order valence-electron chi connectivity index (χ2n) is 11.2. The standard InChI is InChI=1S/C34H43N3O4/c38-25-28-13-15-29(16-14-28)32-21-31(24-37-19-7-2-1-3-8-20-37)40-33(41-32)30-17-11-27(12-18-30)23-36-34(39)35-22-26-9-5-4-6-10-26/h4-6,9-18,31-33,38H,1-3,7-8,19-25H2,(H2,35,36,39)/t31-,32+,33+/m1/s1. The van der Waals surface area contributed by atoms with Gasteiger partial charge in [-0.3, -0.25) is 0 Å². The number of rotatable bonds is 9. The molecule has 7 nitrogen and oxygen atoms in total. The molecule has 2 amide bonds. The van der Waals surface area contributed by atoms with Crippen molar-refractivity contribution in [1.29, 1.82) is 0 Å². The summed E-state index contributed by atoms with van der Waals surface area (Å²) in [6.45, 7) is 4.12. The van der Waals surface area contributed by atoms with E-state index in [2.05, 4.69) is 27.7 Å². The second kappa shape index (κ2) is 15.1. The number of likely N-dealkylation sites (tertiary alicyclic amines) is 1. The molecule has 2 saturated heterocycles. The maximum atomic E-state index is 12.3. The first-order chi connectivity index (χ1) is 20.2. The molecular weight excluding hydrogens is 514 g/mol. The van der Waals surface area contributed by atoms with Crippen molar-refractivity contribution < 1.29 is 19.4 Å². The molecule has 2 fully saturated rings. The summed E-state index contributed by atoms with van der Waals surface area (Å²) in [6, 6.07) is 25.8. The maximum absolute atomic E-state index is 12.3. The number of amides is 2. The Morgan fingerprint density at radius 3 is 1.98 bits per heavy atom. The van der Waals surface area contributed by atoms with Gasteiger partial charge in [-0.2, -0.15) is 0 Å². The van der Waals surface area contributed by atoms with E-state index in [0.29, 0.717) is 13.1 Å². The van der Waals surface area contributed by atoms with E-state index in [-0.39, 0.29) is 24.8 Å². The molecule has 7 heteroatoms. The fourth-order valence-corrected chi connectivity index (χ4v) is 5.63. The number of hydrogen-bond donors (Lipinski definition) is 3. The summed E-state index contributed by atoms with van der Waals surface area (Å²) < 4.78 is 13.1. The van der Waals surface area contributed by atoms with E-state index in [1.165, 1.54) is 32.1 Å². The third-order valence-electron chi connectivity index (χ3n) is 8.03. The Hall–Kier alpha value is -3.23. The number of benzene rings is 3. The molecule has 0 aliphatic carbocycles. The molecule has 0 unspecified atom stereocenters. The minimum atomic E-state index is -0.470. The van der Waals surface area contributed by atoms with Gasteiger partial charge < -0.3 is 30.1 Å². The molecule has 0 bridgehead atoms. The highest BCUT2D eigenvalue weighted by atomic mass is 16.7. The Labute approximate surface area is 243 Å². The molecule has 2 aliphatic heterocycles. The molecule has 0 spiro atoms. The predicted molar refractivity (Wildman–Crippen MR) is 160 cm³/mol. The lowest BCUT2D eigenvalue weighted by atomic mass is 9.99. The maximum Gasteiger partial charge on any atom is 0.315 e. The first-order valence-corrected chi connectivity index (χ1v) is 15.0. The Morgan fingerprint density at radius 1 is 0.732 bits per heavy atom. The molecule has 218 valence electrons. The molecule has 3 atom stereocenters. The molecule has 3 N–H and O–H groups in total. The summed E-state index contributed by atoms with van der Waals surface area (Å²) in [4.78, 5) is 14.8. The van der Waals surface area contributed by atoms with Crippen LogP contribution in [0.5, 0.6) is 0 Å². The predicted octanol–water partition coefficient (Wildman–Crippen LogP) is 5.99. The van der Waals surface area contributed by atoms with E-state index in [0.717, 1.165) is 53.9 Å². The van der Waals surface area contributed by atoms with Crippen LogP contribution in [-0.4, -0.2) is 41.8 Å². The fraction of sp³-hybridized carbons (Fsp3) is 0.441. The second-order valence-corrected chi connectivity index (χ2v) is 11.2. The Bertz CT molecular complexity index is 1190. The van der Waals surface area contributed by atoms with Crippen molar-refractivity contribution in [2.45, 2.75) is 76.7 Å². The Kier molecular flexibility index (Phi) is 10.8. The fourth-order valence-electron chi connectivity index (χ4n) is 5.63. The number of hydrogen-bond acceptors (Lipinski definition) is 5. The number of ether oxygens (including phenoxy) is 2. The number of aliphatic hydroxyl groups is 1. The van der Waals surface area contributed by atoms with Crippen LogP contribution < -0.4 is 10.6 Å². The quantitative estimate of drug-likeness (QED) is 0.301. The van der Waals surface area contributed by atoms with E-state index < -0.39 is 6.29 Å². The number of nitrogens with one attached hydrogen (secondary N) is 2. The van der Waals surface area contributed by atoms with Gasteiger partial charge in [0.1, 0.15) is 0 Å². The van der Waals surface area contributed by atoms with Gasteiger partial charge >= 0.3 is 6.03 Å². The SMILES string of the molecule is O=C(NCc1ccccc1)NCc1ccc([C@H]2O[C@@H](CN3CCCCCCC3)C[C@@H](c3ccc(CO)cc3)O2)cc1. The van der Waals surface area contributed by atoms with Crippen molar-refractivity contribution in [3.8, 4) is 0 Å². The van der Waals surface area contributed by atoms with Crippen LogP contribution in [0.25, 0.3) is 0 Å². The monoisotopic (exact) mass is 557 g/mol.